The number of carbonyl (C=O) groups is 1. The Hall–Kier alpha value is -2.08. The summed E-state index contributed by atoms with van der Waals surface area (Å²) in [5.41, 5.74) is 1.99. The molecule has 0 unspecified atom stereocenters. The number of rotatable bonds is 5. The van der Waals surface area contributed by atoms with Crippen molar-refractivity contribution in [2.75, 3.05) is 31.6 Å². The summed E-state index contributed by atoms with van der Waals surface area (Å²) < 4.78 is 11.4. The maximum atomic E-state index is 12.9. The van der Waals surface area contributed by atoms with Crippen LogP contribution in [0.2, 0.25) is 0 Å². The molecule has 2 atom stereocenters. The third-order valence-corrected chi connectivity index (χ3v) is 5.35. The average Bonchev–Trinajstić information content (AvgIpc) is 3.20. The van der Waals surface area contributed by atoms with Crippen molar-refractivity contribution >= 4 is 24.0 Å². The molecule has 5 nitrogen and oxygen atoms in total. The van der Waals surface area contributed by atoms with Crippen LogP contribution in [0.3, 0.4) is 0 Å². The number of carbonyl (C=O) groups excluding carboxylic acids is 1. The Bertz CT molecular complexity index is 765. The highest BCUT2D eigenvalue weighted by molar-refractivity contribution is 5.93. The molecule has 0 radical (unpaired) electrons. The number of halogens is 1. The molecule has 1 amide bonds. The third kappa shape index (κ3) is 5.04. The number of ether oxygens (including phenoxy) is 2. The fourth-order valence-electron chi connectivity index (χ4n) is 3.87. The minimum atomic E-state index is -0.0764. The molecule has 150 valence electrons. The first-order valence-corrected chi connectivity index (χ1v) is 9.70. The average molecular weight is 403 g/mol. The minimum Gasteiger partial charge on any atom is -0.490 e. The first-order valence-electron chi connectivity index (χ1n) is 9.70. The van der Waals surface area contributed by atoms with Crippen LogP contribution >= 0.6 is 12.4 Å². The Morgan fingerprint density at radius 3 is 2.61 bits per heavy atom. The van der Waals surface area contributed by atoms with E-state index in [-0.39, 0.29) is 36.3 Å². The quantitative estimate of drug-likeness (QED) is 0.802. The number of nitrogens with one attached hydrogen (secondary N) is 2. The number of benzene rings is 2. The van der Waals surface area contributed by atoms with Gasteiger partial charge in [-0.05, 0) is 17.7 Å². The summed E-state index contributed by atoms with van der Waals surface area (Å²) in [4.78, 5) is 12.9. The summed E-state index contributed by atoms with van der Waals surface area (Å²) in [7, 11) is 0. The number of anilines is 1. The molecule has 2 saturated heterocycles. The van der Waals surface area contributed by atoms with Gasteiger partial charge in [0.05, 0.1) is 19.1 Å². The highest BCUT2D eigenvalue weighted by Gasteiger charge is 2.33. The van der Waals surface area contributed by atoms with E-state index in [0.717, 1.165) is 44.0 Å². The molecule has 0 aliphatic carbocycles. The molecule has 6 heteroatoms. The summed E-state index contributed by atoms with van der Waals surface area (Å²) in [6, 6.07) is 17.9. The zero-order valence-corrected chi connectivity index (χ0v) is 16.6. The van der Waals surface area contributed by atoms with Crippen LogP contribution < -0.4 is 15.4 Å². The molecule has 2 aromatic rings. The molecule has 0 saturated carbocycles. The second-order valence-corrected chi connectivity index (χ2v) is 7.23. The lowest BCUT2D eigenvalue weighted by molar-refractivity contribution is -0.119. The Kier molecular flexibility index (Phi) is 7.31. The van der Waals surface area contributed by atoms with Gasteiger partial charge in [-0.25, -0.2) is 0 Å². The summed E-state index contributed by atoms with van der Waals surface area (Å²) >= 11 is 0. The third-order valence-electron chi connectivity index (χ3n) is 5.35. The second-order valence-electron chi connectivity index (χ2n) is 7.23. The maximum absolute atomic E-state index is 12.9. The topological polar surface area (TPSA) is 59.6 Å². The summed E-state index contributed by atoms with van der Waals surface area (Å²) in [5, 5.41) is 6.43. The Morgan fingerprint density at radius 1 is 1.04 bits per heavy atom. The molecule has 0 aromatic heterocycles. The number of hydrogen-bond acceptors (Lipinski definition) is 4. The predicted molar refractivity (Wildman–Crippen MR) is 112 cm³/mol. The van der Waals surface area contributed by atoms with Gasteiger partial charge in [0, 0.05) is 43.6 Å². The number of amides is 1. The fourth-order valence-corrected chi connectivity index (χ4v) is 3.87. The van der Waals surface area contributed by atoms with E-state index in [0.29, 0.717) is 6.54 Å². The standard InChI is InChI=1S/C22H26N2O3.ClH/c25-22(21-15-23-14-20(21)16-5-2-1-3-6-16)24-17-7-4-8-19(13-17)27-18-9-11-26-12-10-18;/h1-8,13,18,20-21,23H,9-12,14-15H2,(H,24,25);1H/t20-,21+;/m1./s1. The van der Waals surface area contributed by atoms with Gasteiger partial charge in [-0.1, -0.05) is 36.4 Å². The molecule has 28 heavy (non-hydrogen) atoms. The van der Waals surface area contributed by atoms with Crippen LogP contribution in [0.4, 0.5) is 5.69 Å². The molecule has 2 heterocycles. The molecule has 2 N–H and O–H groups in total. The van der Waals surface area contributed by atoms with Crippen molar-refractivity contribution in [3.05, 3.63) is 60.2 Å². The van der Waals surface area contributed by atoms with E-state index in [9.17, 15) is 4.79 Å². The second kappa shape index (κ2) is 9.92. The van der Waals surface area contributed by atoms with Gasteiger partial charge in [0.2, 0.25) is 5.91 Å². The summed E-state index contributed by atoms with van der Waals surface area (Å²) in [6.07, 6.45) is 2.00. The van der Waals surface area contributed by atoms with E-state index in [1.165, 1.54) is 5.56 Å². The first-order chi connectivity index (χ1) is 13.3. The van der Waals surface area contributed by atoms with Gasteiger partial charge in [-0.3, -0.25) is 4.79 Å². The molecule has 0 spiro atoms. The van der Waals surface area contributed by atoms with Gasteiger partial charge >= 0.3 is 0 Å². The lowest BCUT2D eigenvalue weighted by atomic mass is 9.88. The zero-order chi connectivity index (χ0) is 18.5. The minimum absolute atomic E-state index is 0. The van der Waals surface area contributed by atoms with E-state index in [4.69, 9.17) is 9.47 Å². The summed E-state index contributed by atoms with van der Waals surface area (Å²) in [5.74, 6) is 0.973. The smallest absolute Gasteiger partial charge is 0.229 e. The van der Waals surface area contributed by atoms with Crippen LogP contribution in [0.15, 0.2) is 54.6 Å². The van der Waals surface area contributed by atoms with E-state index in [2.05, 4.69) is 22.8 Å². The first kappa shape index (κ1) is 20.6. The molecular weight excluding hydrogens is 376 g/mol. The molecule has 2 fully saturated rings. The van der Waals surface area contributed by atoms with Crippen molar-refractivity contribution in [1.82, 2.24) is 5.32 Å². The van der Waals surface area contributed by atoms with Crippen molar-refractivity contribution in [2.45, 2.75) is 24.9 Å². The van der Waals surface area contributed by atoms with Gasteiger partial charge < -0.3 is 20.1 Å². The van der Waals surface area contributed by atoms with E-state index < -0.39 is 0 Å². The monoisotopic (exact) mass is 402 g/mol. The van der Waals surface area contributed by atoms with Crippen LogP contribution in [0.5, 0.6) is 5.75 Å². The summed E-state index contributed by atoms with van der Waals surface area (Å²) in [6.45, 7) is 3.02. The van der Waals surface area contributed by atoms with Crippen LogP contribution in [-0.4, -0.2) is 38.3 Å². The van der Waals surface area contributed by atoms with E-state index >= 15 is 0 Å². The highest BCUT2D eigenvalue weighted by Crippen LogP contribution is 2.29. The van der Waals surface area contributed by atoms with Crippen LogP contribution in [-0.2, 0) is 9.53 Å². The van der Waals surface area contributed by atoms with Gasteiger partial charge in [-0.2, -0.15) is 0 Å². The molecule has 2 aliphatic heterocycles. The SMILES string of the molecule is Cl.O=C(Nc1cccc(OC2CCOCC2)c1)[C@H]1CNC[C@@H]1c1ccccc1. The fraction of sp³-hybridized carbons (Fsp3) is 0.409. The van der Waals surface area contributed by atoms with Crippen molar-refractivity contribution in [2.24, 2.45) is 5.92 Å². The van der Waals surface area contributed by atoms with Crippen LogP contribution in [0, 0.1) is 5.92 Å². The van der Waals surface area contributed by atoms with Gasteiger partial charge in [-0.15, -0.1) is 12.4 Å². The Balaban J connectivity index is 0.00000225. The normalized spacial score (nSPS) is 22.3. The molecule has 4 rings (SSSR count). The predicted octanol–water partition coefficient (Wildman–Crippen LogP) is 3.61. The lowest BCUT2D eigenvalue weighted by Crippen LogP contribution is -2.28. The molecule has 2 aromatic carbocycles. The Labute approximate surface area is 172 Å². The van der Waals surface area contributed by atoms with Crippen LogP contribution in [0.25, 0.3) is 0 Å². The Morgan fingerprint density at radius 2 is 1.82 bits per heavy atom. The lowest BCUT2D eigenvalue weighted by Gasteiger charge is -2.23. The van der Waals surface area contributed by atoms with Gasteiger partial charge in [0.25, 0.3) is 0 Å². The molecular formula is C22H27ClN2O3. The largest absolute Gasteiger partial charge is 0.490 e. The van der Waals surface area contributed by atoms with Gasteiger partial charge in [0.1, 0.15) is 11.9 Å². The van der Waals surface area contributed by atoms with E-state index in [1.807, 2.05) is 42.5 Å². The van der Waals surface area contributed by atoms with Crippen molar-refractivity contribution in [3.8, 4) is 5.75 Å². The maximum Gasteiger partial charge on any atom is 0.229 e. The van der Waals surface area contributed by atoms with Gasteiger partial charge in [0.15, 0.2) is 0 Å². The zero-order valence-electron chi connectivity index (χ0n) is 15.8. The number of hydrogen-bond donors (Lipinski definition) is 2. The van der Waals surface area contributed by atoms with Crippen LogP contribution in [0.1, 0.15) is 24.3 Å². The van der Waals surface area contributed by atoms with Crippen molar-refractivity contribution in [1.29, 1.82) is 0 Å². The molecule has 2 aliphatic rings. The highest BCUT2D eigenvalue weighted by atomic mass is 35.5. The van der Waals surface area contributed by atoms with E-state index in [1.54, 1.807) is 0 Å². The van der Waals surface area contributed by atoms with Crippen molar-refractivity contribution < 1.29 is 14.3 Å². The van der Waals surface area contributed by atoms with Crippen molar-refractivity contribution in [3.63, 3.8) is 0 Å². The molecule has 0 bridgehead atoms.